The number of amides is 1. The van der Waals surface area contributed by atoms with Gasteiger partial charge in [-0.15, -0.1) is 0 Å². The molecule has 26 heavy (non-hydrogen) atoms. The lowest BCUT2D eigenvalue weighted by molar-refractivity contribution is 0.0725. The van der Waals surface area contributed by atoms with Crippen LogP contribution in [0.5, 0.6) is 0 Å². The summed E-state index contributed by atoms with van der Waals surface area (Å²) in [7, 11) is -2.49. The van der Waals surface area contributed by atoms with Crippen molar-refractivity contribution in [1.82, 2.24) is 14.5 Å². The molecule has 3 rings (SSSR count). The number of nitrogens with zero attached hydrogens (tertiary/aromatic N) is 3. The summed E-state index contributed by atoms with van der Waals surface area (Å²) in [4.78, 5) is 18.4. The average Bonchev–Trinajstić information content (AvgIpc) is 2.95. The van der Waals surface area contributed by atoms with E-state index in [9.17, 15) is 13.2 Å². The number of likely N-dealkylation sites (tertiary alicyclic amines) is 1. The van der Waals surface area contributed by atoms with E-state index in [1.807, 2.05) is 0 Å². The second-order valence-corrected chi connectivity index (χ2v) is 8.49. The number of aromatic nitrogens is 2. The second kappa shape index (κ2) is 7.46. The van der Waals surface area contributed by atoms with Crippen molar-refractivity contribution in [3.8, 4) is 0 Å². The Morgan fingerprint density at radius 1 is 1.19 bits per heavy atom. The monoisotopic (exact) mass is 416 g/mol. The number of hydrogen-bond acceptors (Lipinski definition) is 4. The Balaban J connectivity index is 1.95. The maximum atomic E-state index is 12.8. The average molecular weight is 417 g/mol. The number of halogens is 2. The fraction of sp³-hybridized carbons (Fsp3) is 0.375. The molecule has 0 spiro atoms. The summed E-state index contributed by atoms with van der Waals surface area (Å²) in [5.41, 5.74) is 0.349. The maximum absolute atomic E-state index is 12.8. The molecule has 0 atom stereocenters. The first-order valence-corrected chi connectivity index (χ1v) is 10.3. The van der Waals surface area contributed by atoms with Gasteiger partial charge in [0.2, 0.25) is 5.03 Å². The van der Waals surface area contributed by atoms with Gasteiger partial charge in [0.05, 0.1) is 17.6 Å². The lowest BCUT2D eigenvalue weighted by Gasteiger charge is -2.27. The first-order chi connectivity index (χ1) is 12.3. The van der Waals surface area contributed by atoms with Gasteiger partial charge >= 0.3 is 0 Å². The van der Waals surface area contributed by atoms with Crippen LogP contribution in [-0.4, -0.2) is 41.9 Å². The number of carbonyl (C=O) groups excluding carboxylic acids is 1. The van der Waals surface area contributed by atoms with E-state index in [0.717, 1.165) is 19.3 Å². The quantitative estimate of drug-likeness (QED) is 0.829. The summed E-state index contributed by atoms with van der Waals surface area (Å²) in [5, 5.41) is -0.0218. The van der Waals surface area contributed by atoms with Crippen LogP contribution in [0.4, 0.5) is 5.69 Å². The summed E-state index contributed by atoms with van der Waals surface area (Å²) in [6.45, 7) is 1.30. The number of sulfonamides is 1. The molecule has 0 unspecified atom stereocenters. The van der Waals surface area contributed by atoms with E-state index < -0.39 is 10.0 Å². The van der Waals surface area contributed by atoms with Crippen LogP contribution in [0, 0.1) is 0 Å². The van der Waals surface area contributed by atoms with E-state index in [-0.39, 0.29) is 27.3 Å². The summed E-state index contributed by atoms with van der Waals surface area (Å²) in [5.74, 6) is -0.230. The summed E-state index contributed by atoms with van der Waals surface area (Å²) in [6.07, 6.45) is 4.25. The van der Waals surface area contributed by atoms with E-state index in [2.05, 4.69) is 9.71 Å². The highest BCUT2D eigenvalue weighted by atomic mass is 35.5. The highest BCUT2D eigenvalue weighted by Crippen LogP contribution is 2.28. The molecule has 1 aliphatic rings. The predicted molar refractivity (Wildman–Crippen MR) is 100 cm³/mol. The molecule has 140 valence electrons. The summed E-state index contributed by atoms with van der Waals surface area (Å²) < 4.78 is 29.1. The first-order valence-electron chi connectivity index (χ1n) is 8.08. The molecule has 1 fully saturated rings. The van der Waals surface area contributed by atoms with E-state index in [1.54, 1.807) is 18.0 Å². The van der Waals surface area contributed by atoms with Gasteiger partial charge in [-0.25, -0.2) is 4.98 Å². The molecule has 0 radical (unpaired) electrons. The highest BCUT2D eigenvalue weighted by molar-refractivity contribution is 7.92. The standard InChI is InChI=1S/C16H18Cl2N4O3S/c1-21-10-19-15(14(21)18)26(24,25)20-13-9-11(17)5-6-12(13)16(23)22-7-3-2-4-8-22/h5-6,9-10,20H,2-4,7-8H2,1H3. The highest BCUT2D eigenvalue weighted by Gasteiger charge is 2.26. The second-order valence-electron chi connectivity index (χ2n) is 6.10. The number of carbonyl (C=O) groups is 1. The largest absolute Gasteiger partial charge is 0.339 e. The Bertz CT molecular complexity index is 937. The zero-order valence-electron chi connectivity index (χ0n) is 14.1. The van der Waals surface area contributed by atoms with Crippen LogP contribution in [0.3, 0.4) is 0 Å². The van der Waals surface area contributed by atoms with E-state index in [4.69, 9.17) is 23.2 Å². The number of rotatable bonds is 4. The van der Waals surface area contributed by atoms with Crippen LogP contribution in [0.1, 0.15) is 29.6 Å². The number of hydrogen-bond donors (Lipinski definition) is 1. The molecule has 0 bridgehead atoms. The van der Waals surface area contributed by atoms with Crippen molar-refractivity contribution in [2.75, 3.05) is 17.8 Å². The van der Waals surface area contributed by atoms with Crippen LogP contribution >= 0.6 is 23.2 Å². The Morgan fingerprint density at radius 3 is 2.50 bits per heavy atom. The smallest absolute Gasteiger partial charge is 0.282 e. The maximum Gasteiger partial charge on any atom is 0.282 e. The lowest BCUT2D eigenvalue weighted by atomic mass is 10.1. The van der Waals surface area contributed by atoms with Gasteiger partial charge < -0.3 is 9.47 Å². The zero-order chi connectivity index (χ0) is 18.9. The van der Waals surface area contributed by atoms with Gasteiger partial charge in [-0.3, -0.25) is 9.52 Å². The Morgan fingerprint density at radius 2 is 1.88 bits per heavy atom. The van der Waals surface area contributed by atoms with Crippen molar-refractivity contribution in [2.24, 2.45) is 7.05 Å². The Hall–Kier alpha value is -1.77. The van der Waals surface area contributed by atoms with Crippen molar-refractivity contribution in [2.45, 2.75) is 24.3 Å². The molecule has 1 aromatic heterocycles. The molecule has 1 aliphatic heterocycles. The van der Waals surface area contributed by atoms with Crippen molar-refractivity contribution >= 4 is 44.8 Å². The van der Waals surface area contributed by atoms with Crippen molar-refractivity contribution in [3.63, 3.8) is 0 Å². The van der Waals surface area contributed by atoms with Gasteiger partial charge in [0.25, 0.3) is 15.9 Å². The molecule has 10 heteroatoms. The van der Waals surface area contributed by atoms with Crippen molar-refractivity contribution < 1.29 is 13.2 Å². The minimum absolute atomic E-state index is 0.0246. The van der Waals surface area contributed by atoms with Gasteiger partial charge in [0, 0.05) is 25.2 Å². The predicted octanol–water partition coefficient (Wildman–Crippen LogP) is 3.15. The number of imidazole rings is 1. The fourth-order valence-electron chi connectivity index (χ4n) is 2.82. The van der Waals surface area contributed by atoms with Gasteiger partial charge in [0.15, 0.2) is 0 Å². The van der Waals surface area contributed by atoms with E-state index >= 15 is 0 Å². The van der Waals surface area contributed by atoms with E-state index in [0.29, 0.717) is 18.1 Å². The molecule has 0 saturated carbocycles. The lowest BCUT2D eigenvalue weighted by Crippen LogP contribution is -2.36. The third-order valence-corrected chi connectivity index (χ3v) is 6.28. The topological polar surface area (TPSA) is 84.3 Å². The van der Waals surface area contributed by atoms with Crippen LogP contribution in [0.25, 0.3) is 0 Å². The van der Waals surface area contributed by atoms with Gasteiger partial charge in [-0.2, -0.15) is 8.42 Å². The zero-order valence-corrected chi connectivity index (χ0v) is 16.4. The molecule has 0 aliphatic carbocycles. The van der Waals surface area contributed by atoms with Crippen LogP contribution in [0.15, 0.2) is 29.6 Å². The van der Waals surface area contributed by atoms with Gasteiger partial charge in [0.1, 0.15) is 5.15 Å². The van der Waals surface area contributed by atoms with Gasteiger partial charge in [-0.05, 0) is 37.5 Å². The summed E-state index contributed by atoms with van der Waals surface area (Å²) in [6, 6.07) is 4.49. The Kier molecular flexibility index (Phi) is 5.45. The number of aryl methyl sites for hydroxylation is 1. The number of nitrogens with one attached hydrogen (secondary N) is 1. The molecule has 1 N–H and O–H groups in total. The Labute approximate surface area is 162 Å². The fourth-order valence-corrected chi connectivity index (χ4v) is 4.50. The molecule has 2 aromatic rings. The van der Waals surface area contributed by atoms with Crippen LogP contribution in [-0.2, 0) is 17.1 Å². The third kappa shape index (κ3) is 3.82. The minimum atomic E-state index is -4.07. The van der Waals surface area contributed by atoms with Gasteiger partial charge in [-0.1, -0.05) is 23.2 Å². The first kappa shape index (κ1) is 19.0. The van der Waals surface area contributed by atoms with E-state index in [1.165, 1.54) is 23.0 Å². The van der Waals surface area contributed by atoms with Crippen LogP contribution in [0.2, 0.25) is 10.2 Å². The van der Waals surface area contributed by atoms with Crippen LogP contribution < -0.4 is 4.72 Å². The molecule has 2 heterocycles. The third-order valence-electron chi connectivity index (χ3n) is 4.19. The minimum Gasteiger partial charge on any atom is -0.339 e. The molecular weight excluding hydrogens is 399 g/mol. The normalized spacial score (nSPS) is 15.1. The number of anilines is 1. The molecule has 1 aromatic carbocycles. The SMILES string of the molecule is Cn1cnc(S(=O)(=O)Nc2cc(Cl)ccc2C(=O)N2CCCCC2)c1Cl. The molecule has 1 saturated heterocycles. The molecule has 1 amide bonds. The molecular formula is C16H18Cl2N4O3S. The number of benzene rings is 1. The summed E-state index contributed by atoms with van der Waals surface area (Å²) >= 11 is 12.0. The number of piperidine rings is 1. The van der Waals surface area contributed by atoms with Crippen molar-refractivity contribution in [3.05, 3.63) is 40.3 Å². The van der Waals surface area contributed by atoms with Crippen molar-refractivity contribution in [1.29, 1.82) is 0 Å². The molecule has 7 nitrogen and oxygen atoms in total.